The minimum absolute atomic E-state index is 0.181. The quantitative estimate of drug-likeness (QED) is 0.431. The molecule has 1 aromatic heterocycles. The van der Waals surface area contributed by atoms with Gasteiger partial charge in [-0.1, -0.05) is 11.6 Å². The SMILES string of the molecule is COc1ccc(-c2nc3ccc(C(=O)O)cc3nc2N2CCCc3cc(Cl)ccc32)cc1. The van der Waals surface area contributed by atoms with E-state index in [9.17, 15) is 9.90 Å². The summed E-state index contributed by atoms with van der Waals surface area (Å²) in [4.78, 5) is 23.5. The van der Waals surface area contributed by atoms with E-state index in [1.54, 1.807) is 25.3 Å². The van der Waals surface area contributed by atoms with Crippen LogP contribution in [0, 0.1) is 0 Å². The molecule has 0 spiro atoms. The van der Waals surface area contributed by atoms with Crippen molar-refractivity contribution in [3.05, 3.63) is 76.8 Å². The lowest BCUT2D eigenvalue weighted by Crippen LogP contribution is -2.26. The standard InChI is InChI=1S/C25H20ClN3O3/c1-32-19-8-4-15(5-9-19)23-24(28-21-14-17(25(30)31)6-10-20(21)27-23)29-12-2-3-16-13-18(26)7-11-22(16)29/h4-11,13-14H,2-3,12H2,1H3,(H,30,31). The van der Waals surface area contributed by atoms with Crippen LogP contribution in [0.1, 0.15) is 22.3 Å². The first-order valence-corrected chi connectivity index (χ1v) is 10.7. The molecule has 0 saturated heterocycles. The molecule has 0 amide bonds. The van der Waals surface area contributed by atoms with Crippen molar-refractivity contribution >= 4 is 40.1 Å². The summed E-state index contributed by atoms with van der Waals surface area (Å²) in [6.45, 7) is 0.774. The summed E-state index contributed by atoms with van der Waals surface area (Å²) in [5, 5.41) is 10.1. The minimum atomic E-state index is -0.993. The zero-order valence-electron chi connectivity index (χ0n) is 17.4. The number of anilines is 2. The van der Waals surface area contributed by atoms with Crippen molar-refractivity contribution in [2.75, 3.05) is 18.6 Å². The van der Waals surface area contributed by atoms with Crippen LogP contribution in [0.5, 0.6) is 5.75 Å². The Bertz CT molecular complexity index is 1340. The molecular formula is C25H20ClN3O3. The first-order valence-electron chi connectivity index (χ1n) is 10.3. The summed E-state index contributed by atoms with van der Waals surface area (Å²) in [6, 6.07) is 18.4. The summed E-state index contributed by atoms with van der Waals surface area (Å²) >= 11 is 6.24. The summed E-state index contributed by atoms with van der Waals surface area (Å²) in [6.07, 6.45) is 1.89. The Hall–Kier alpha value is -3.64. The number of aromatic carboxylic acids is 1. The lowest BCUT2D eigenvalue weighted by atomic mass is 10.0. The molecule has 0 aliphatic carbocycles. The average Bonchev–Trinajstić information content (AvgIpc) is 2.82. The smallest absolute Gasteiger partial charge is 0.335 e. The van der Waals surface area contributed by atoms with Gasteiger partial charge in [-0.15, -0.1) is 0 Å². The number of hydrogen-bond donors (Lipinski definition) is 1. The molecule has 1 aliphatic heterocycles. The number of methoxy groups -OCH3 is 1. The van der Waals surface area contributed by atoms with Crippen molar-refractivity contribution in [3.63, 3.8) is 0 Å². The van der Waals surface area contributed by atoms with Crippen molar-refractivity contribution in [2.45, 2.75) is 12.8 Å². The molecular weight excluding hydrogens is 426 g/mol. The first-order chi connectivity index (χ1) is 15.5. The molecule has 160 valence electrons. The summed E-state index contributed by atoms with van der Waals surface area (Å²) in [5.74, 6) is 0.453. The van der Waals surface area contributed by atoms with E-state index >= 15 is 0 Å². The van der Waals surface area contributed by atoms with Crippen LogP contribution in [0.2, 0.25) is 5.02 Å². The van der Waals surface area contributed by atoms with Crippen LogP contribution in [-0.4, -0.2) is 34.7 Å². The molecule has 7 heteroatoms. The van der Waals surface area contributed by atoms with Gasteiger partial charge >= 0.3 is 5.97 Å². The lowest BCUT2D eigenvalue weighted by Gasteiger charge is -2.31. The minimum Gasteiger partial charge on any atom is -0.497 e. The highest BCUT2D eigenvalue weighted by Crippen LogP contribution is 2.39. The van der Waals surface area contributed by atoms with Crippen molar-refractivity contribution in [3.8, 4) is 17.0 Å². The highest BCUT2D eigenvalue weighted by Gasteiger charge is 2.24. The van der Waals surface area contributed by atoms with Crippen LogP contribution >= 0.6 is 11.6 Å². The maximum absolute atomic E-state index is 11.5. The summed E-state index contributed by atoms with van der Waals surface area (Å²) < 4.78 is 5.30. The maximum Gasteiger partial charge on any atom is 0.335 e. The van der Waals surface area contributed by atoms with Crippen molar-refractivity contribution < 1.29 is 14.6 Å². The highest BCUT2D eigenvalue weighted by molar-refractivity contribution is 6.30. The number of carboxylic acid groups (broad SMARTS) is 1. The monoisotopic (exact) mass is 445 g/mol. The van der Waals surface area contributed by atoms with Crippen LogP contribution < -0.4 is 9.64 Å². The lowest BCUT2D eigenvalue weighted by molar-refractivity contribution is 0.0697. The number of ether oxygens (including phenoxy) is 1. The van der Waals surface area contributed by atoms with Gasteiger partial charge in [-0.25, -0.2) is 14.8 Å². The Kier molecular flexibility index (Phi) is 5.15. The third-order valence-corrected chi connectivity index (χ3v) is 5.91. The number of fused-ring (bicyclic) bond motifs is 2. The molecule has 32 heavy (non-hydrogen) atoms. The van der Waals surface area contributed by atoms with E-state index in [0.29, 0.717) is 21.9 Å². The molecule has 0 radical (unpaired) electrons. The Balaban J connectivity index is 1.74. The predicted octanol–water partition coefficient (Wildman–Crippen LogP) is 5.74. The van der Waals surface area contributed by atoms with Gasteiger partial charge in [-0.2, -0.15) is 0 Å². The molecule has 3 aromatic carbocycles. The number of rotatable bonds is 4. The number of carboxylic acids is 1. The van der Waals surface area contributed by atoms with Gasteiger partial charge in [0.05, 0.1) is 23.7 Å². The van der Waals surface area contributed by atoms with E-state index < -0.39 is 5.97 Å². The van der Waals surface area contributed by atoms with Crippen LogP contribution in [0.15, 0.2) is 60.7 Å². The number of carbonyl (C=O) groups is 1. The molecule has 2 heterocycles. The molecule has 0 bridgehead atoms. The van der Waals surface area contributed by atoms with E-state index in [-0.39, 0.29) is 5.56 Å². The van der Waals surface area contributed by atoms with Crippen molar-refractivity contribution in [1.82, 2.24) is 9.97 Å². The third kappa shape index (κ3) is 3.63. The number of hydrogen-bond acceptors (Lipinski definition) is 5. The fourth-order valence-corrected chi connectivity index (χ4v) is 4.29. The number of nitrogens with zero attached hydrogens (tertiary/aromatic N) is 3. The van der Waals surface area contributed by atoms with Crippen LogP contribution in [0.25, 0.3) is 22.3 Å². The largest absolute Gasteiger partial charge is 0.497 e. The second kappa shape index (κ2) is 8.13. The number of halogens is 1. The first kappa shape index (κ1) is 20.3. The van der Waals surface area contributed by atoms with Gasteiger partial charge in [0.2, 0.25) is 0 Å². The number of benzene rings is 3. The van der Waals surface area contributed by atoms with Crippen LogP contribution in [0.4, 0.5) is 11.5 Å². The van der Waals surface area contributed by atoms with Gasteiger partial charge < -0.3 is 14.7 Å². The van der Waals surface area contributed by atoms with Gasteiger partial charge in [0.25, 0.3) is 0 Å². The molecule has 5 rings (SSSR count). The molecule has 1 aliphatic rings. The number of aryl methyl sites for hydroxylation is 1. The molecule has 0 fully saturated rings. The zero-order chi connectivity index (χ0) is 22.2. The highest BCUT2D eigenvalue weighted by atomic mass is 35.5. The summed E-state index contributed by atoms with van der Waals surface area (Å²) in [5.41, 5.74) is 5.19. The van der Waals surface area contributed by atoms with Gasteiger partial charge in [-0.3, -0.25) is 0 Å². The Morgan fingerprint density at radius 2 is 1.84 bits per heavy atom. The normalized spacial score (nSPS) is 13.1. The van der Waals surface area contributed by atoms with Gasteiger partial charge in [0, 0.05) is 22.8 Å². The maximum atomic E-state index is 11.5. The van der Waals surface area contributed by atoms with E-state index in [4.69, 9.17) is 26.3 Å². The molecule has 4 aromatic rings. The Morgan fingerprint density at radius 1 is 1.03 bits per heavy atom. The zero-order valence-corrected chi connectivity index (χ0v) is 18.1. The molecule has 6 nitrogen and oxygen atoms in total. The fourth-order valence-electron chi connectivity index (χ4n) is 4.09. The molecule has 1 N–H and O–H groups in total. The average molecular weight is 446 g/mol. The topological polar surface area (TPSA) is 75.5 Å². The van der Waals surface area contributed by atoms with Crippen LogP contribution in [0.3, 0.4) is 0 Å². The fraction of sp³-hybridized carbons (Fsp3) is 0.160. The van der Waals surface area contributed by atoms with Crippen molar-refractivity contribution in [2.24, 2.45) is 0 Å². The predicted molar refractivity (Wildman–Crippen MR) is 125 cm³/mol. The third-order valence-electron chi connectivity index (χ3n) is 5.67. The number of aromatic nitrogens is 2. The molecule has 0 atom stereocenters. The van der Waals surface area contributed by atoms with E-state index in [2.05, 4.69) is 4.90 Å². The van der Waals surface area contributed by atoms with Crippen molar-refractivity contribution in [1.29, 1.82) is 0 Å². The van der Waals surface area contributed by atoms with Crippen LogP contribution in [-0.2, 0) is 6.42 Å². The van der Waals surface area contributed by atoms with E-state index in [0.717, 1.165) is 47.6 Å². The van der Waals surface area contributed by atoms with E-state index in [1.165, 1.54) is 0 Å². The second-order valence-corrected chi connectivity index (χ2v) is 8.10. The Labute approximate surface area is 190 Å². The summed E-state index contributed by atoms with van der Waals surface area (Å²) in [7, 11) is 1.63. The van der Waals surface area contributed by atoms with Gasteiger partial charge in [0.1, 0.15) is 11.4 Å². The van der Waals surface area contributed by atoms with Gasteiger partial charge in [-0.05, 0) is 79.1 Å². The van der Waals surface area contributed by atoms with Gasteiger partial charge in [0.15, 0.2) is 5.82 Å². The molecule has 0 saturated carbocycles. The van der Waals surface area contributed by atoms with E-state index in [1.807, 2.05) is 42.5 Å². The Morgan fingerprint density at radius 3 is 2.59 bits per heavy atom. The molecule has 0 unspecified atom stereocenters. The second-order valence-electron chi connectivity index (χ2n) is 7.66.